The molecule has 1 fully saturated rings. The smallest absolute Gasteiger partial charge is 0.0266 e. The van der Waals surface area contributed by atoms with Crippen LogP contribution in [0.25, 0.3) is 0 Å². The van der Waals surface area contributed by atoms with Crippen molar-refractivity contribution in [2.45, 2.75) is 18.9 Å². The summed E-state index contributed by atoms with van der Waals surface area (Å²) in [6, 6.07) is 0. The highest BCUT2D eigenvalue weighted by molar-refractivity contribution is 5.85. The second-order valence-electron chi connectivity index (χ2n) is 3.14. The van der Waals surface area contributed by atoms with Crippen LogP contribution in [0.5, 0.6) is 0 Å². The highest BCUT2D eigenvalue weighted by atomic mass is 35.5. The van der Waals surface area contributed by atoms with Gasteiger partial charge in [0.05, 0.1) is 0 Å². The first-order chi connectivity index (χ1) is 3.60. The highest BCUT2D eigenvalue weighted by Crippen LogP contribution is 2.14. The largest absolute Gasteiger partial charge is 0.324 e. The Morgan fingerprint density at radius 3 is 2.00 bits per heavy atom. The number of hydrogen-bond acceptors (Lipinski definition) is 2. The van der Waals surface area contributed by atoms with E-state index in [4.69, 9.17) is 5.73 Å². The van der Waals surface area contributed by atoms with Gasteiger partial charge in [0.15, 0.2) is 0 Å². The third kappa shape index (κ3) is 3.62. The molecule has 1 heterocycles. The third-order valence-electron chi connectivity index (χ3n) is 1.70. The van der Waals surface area contributed by atoms with Crippen molar-refractivity contribution in [1.29, 1.82) is 0 Å². The van der Waals surface area contributed by atoms with Crippen molar-refractivity contribution >= 4 is 24.8 Å². The van der Waals surface area contributed by atoms with E-state index in [0.717, 1.165) is 19.5 Å². The molecule has 1 rings (SSSR count). The van der Waals surface area contributed by atoms with Gasteiger partial charge in [0.1, 0.15) is 0 Å². The Morgan fingerprint density at radius 2 is 1.90 bits per heavy atom. The maximum atomic E-state index is 5.83. The minimum absolute atomic E-state index is 0. The van der Waals surface area contributed by atoms with Gasteiger partial charge in [-0.15, -0.1) is 24.8 Å². The minimum Gasteiger partial charge on any atom is -0.324 e. The fourth-order valence-corrected chi connectivity index (χ4v) is 1.22. The summed E-state index contributed by atoms with van der Waals surface area (Å²) in [5.41, 5.74) is 5.92. The zero-order chi connectivity index (χ0) is 6.20. The monoisotopic (exact) mass is 186 g/mol. The maximum absolute atomic E-state index is 5.83. The van der Waals surface area contributed by atoms with E-state index in [0.29, 0.717) is 0 Å². The molecule has 0 aromatic carbocycles. The van der Waals surface area contributed by atoms with E-state index in [9.17, 15) is 0 Å². The zero-order valence-electron chi connectivity index (χ0n) is 6.46. The Hall–Kier alpha value is 0.500. The molecule has 0 aliphatic carbocycles. The molecule has 64 valence electrons. The first-order valence-corrected chi connectivity index (χ1v) is 3.08. The van der Waals surface area contributed by atoms with Crippen LogP contribution in [0.2, 0.25) is 0 Å². The molecule has 0 aromatic rings. The molecule has 1 aliphatic rings. The molecule has 1 atom stereocenters. The first-order valence-electron chi connectivity index (χ1n) is 3.08. The van der Waals surface area contributed by atoms with Crippen LogP contribution in [-0.2, 0) is 0 Å². The summed E-state index contributed by atoms with van der Waals surface area (Å²) in [4.78, 5) is 2.26. The van der Waals surface area contributed by atoms with Gasteiger partial charge in [-0.2, -0.15) is 0 Å². The molecule has 0 spiro atoms. The highest BCUT2D eigenvalue weighted by Gasteiger charge is 2.26. The van der Waals surface area contributed by atoms with Crippen LogP contribution in [0.3, 0.4) is 0 Å². The molecule has 0 aromatic heterocycles. The minimum atomic E-state index is 0. The molecule has 1 aliphatic heterocycles. The molecule has 0 bridgehead atoms. The van der Waals surface area contributed by atoms with Crippen molar-refractivity contribution in [2.24, 2.45) is 5.73 Å². The average Bonchev–Trinajstić information content (AvgIpc) is 1.82. The van der Waals surface area contributed by atoms with E-state index in [1.54, 1.807) is 0 Å². The molecule has 2 N–H and O–H groups in total. The fraction of sp³-hybridized carbons (Fsp3) is 1.00. The number of hydrogen-bond donors (Lipinski definition) is 1. The Bertz CT molecular complexity index is 95.7. The number of nitrogens with zero attached hydrogens (tertiary/aromatic N) is 1. The zero-order valence-corrected chi connectivity index (χ0v) is 8.10. The van der Waals surface area contributed by atoms with Gasteiger partial charge in [0, 0.05) is 12.1 Å². The third-order valence-corrected chi connectivity index (χ3v) is 1.70. The van der Waals surface area contributed by atoms with Crippen molar-refractivity contribution in [3.8, 4) is 0 Å². The van der Waals surface area contributed by atoms with Gasteiger partial charge in [-0.1, -0.05) is 0 Å². The van der Waals surface area contributed by atoms with Gasteiger partial charge in [0.2, 0.25) is 0 Å². The van der Waals surface area contributed by atoms with Gasteiger partial charge < -0.3 is 10.6 Å². The van der Waals surface area contributed by atoms with E-state index in [2.05, 4.69) is 18.9 Å². The summed E-state index contributed by atoms with van der Waals surface area (Å²) >= 11 is 0. The summed E-state index contributed by atoms with van der Waals surface area (Å²) < 4.78 is 0. The molecule has 2 nitrogen and oxygen atoms in total. The Balaban J connectivity index is 0. The van der Waals surface area contributed by atoms with Crippen LogP contribution in [0, 0.1) is 0 Å². The van der Waals surface area contributed by atoms with Crippen molar-refractivity contribution in [3.05, 3.63) is 0 Å². The van der Waals surface area contributed by atoms with Crippen LogP contribution in [0.15, 0.2) is 0 Å². The predicted molar refractivity (Wildman–Crippen MR) is 49.2 cm³/mol. The molecule has 0 saturated carbocycles. The summed E-state index contributed by atoms with van der Waals surface area (Å²) in [5.74, 6) is 0. The van der Waals surface area contributed by atoms with E-state index >= 15 is 0 Å². The maximum Gasteiger partial charge on any atom is 0.0266 e. The molecule has 0 amide bonds. The quantitative estimate of drug-likeness (QED) is 0.610. The van der Waals surface area contributed by atoms with E-state index in [1.165, 1.54) is 0 Å². The number of halogens is 2. The number of likely N-dealkylation sites (N-methyl/N-ethyl adjacent to an activating group) is 1. The van der Waals surface area contributed by atoms with Crippen LogP contribution >= 0.6 is 24.8 Å². The van der Waals surface area contributed by atoms with Crippen LogP contribution in [-0.4, -0.2) is 30.6 Å². The molecule has 0 radical (unpaired) electrons. The second kappa shape index (κ2) is 4.39. The molecule has 1 unspecified atom stereocenters. The number of nitrogens with two attached hydrogens (primary N) is 1. The van der Waals surface area contributed by atoms with E-state index < -0.39 is 0 Å². The average molecular weight is 187 g/mol. The Morgan fingerprint density at radius 1 is 1.40 bits per heavy atom. The lowest BCUT2D eigenvalue weighted by atomic mass is 10.0. The fourth-order valence-electron chi connectivity index (χ4n) is 1.22. The van der Waals surface area contributed by atoms with Crippen molar-refractivity contribution in [2.75, 3.05) is 20.1 Å². The van der Waals surface area contributed by atoms with E-state index in [-0.39, 0.29) is 30.4 Å². The lowest BCUT2D eigenvalue weighted by molar-refractivity contribution is 0.382. The van der Waals surface area contributed by atoms with Gasteiger partial charge in [-0.05, 0) is 26.9 Å². The second-order valence-corrected chi connectivity index (χ2v) is 3.14. The van der Waals surface area contributed by atoms with Crippen molar-refractivity contribution in [3.63, 3.8) is 0 Å². The lowest BCUT2D eigenvalue weighted by Gasteiger charge is -2.15. The van der Waals surface area contributed by atoms with Gasteiger partial charge >= 0.3 is 0 Å². The van der Waals surface area contributed by atoms with Gasteiger partial charge in [-0.25, -0.2) is 0 Å². The number of likely N-dealkylation sites (tertiary alicyclic amines) is 1. The van der Waals surface area contributed by atoms with Crippen LogP contribution < -0.4 is 5.73 Å². The first kappa shape index (κ1) is 13.1. The lowest BCUT2D eigenvalue weighted by Crippen LogP contribution is -2.38. The van der Waals surface area contributed by atoms with Gasteiger partial charge in [-0.3, -0.25) is 0 Å². The summed E-state index contributed by atoms with van der Waals surface area (Å²) in [6.07, 6.45) is 1.14. The molecular formula is C6H16Cl2N2. The summed E-state index contributed by atoms with van der Waals surface area (Å²) in [7, 11) is 2.11. The molecular weight excluding hydrogens is 171 g/mol. The Kier molecular flexibility index (Phi) is 5.76. The van der Waals surface area contributed by atoms with Gasteiger partial charge in [0.25, 0.3) is 0 Å². The van der Waals surface area contributed by atoms with Crippen LogP contribution in [0.4, 0.5) is 0 Å². The number of rotatable bonds is 0. The summed E-state index contributed by atoms with van der Waals surface area (Å²) in [5, 5.41) is 0. The summed E-state index contributed by atoms with van der Waals surface area (Å²) in [6.45, 7) is 4.32. The normalized spacial score (nSPS) is 32.7. The van der Waals surface area contributed by atoms with E-state index in [1.807, 2.05) is 0 Å². The SMILES string of the molecule is CN1CCC(C)(N)C1.Cl.Cl. The van der Waals surface area contributed by atoms with Crippen LogP contribution in [0.1, 0.15) is 13.3 Å². The topological polar surface area (TPSA) is 29.3 Å². The van der Waals surface area contributed by atoms with Crippen molar-refractivity contribution < 1.29 is 0 Å². The molecule has 10 heavy (non-hydrogen) atoms. The Labute approximate surface area is 75.0 Å². The van der Waals surface area contributed by atoms with Crippen molar-refractivity contribution in [1.82, 2.24) is 4.90 Å². The standard InChI is InChI=1S/C6H14N2.2ClH/c1-6(7)3-4-8(2)5-6;;/h3-5,7H2,1-2H3;2*1H. The molecule has 4 heteroatoms. The molecule has 1 saturated heterocycles. The predicted octanol–water partition coefficient (Wildman–Crippen LogP) is 0.883.